The molecule has 0 spiro atoms. The van der Waals surface area contributed by atoms with Crippen molar-refractivity contribution in [1.82, 2.24) is 58.7 Å². The number of amides is 6. The molecule has 0 saturated carbocycles. The van der Waals surface area contributed by atoms with E-state index < -0.39 is 62.9 Å². The van der Waals surface area contributed by atoms with Gasteiger partial charge in [0.15, 0.2) is 50.0 Å². The zero-order valence-electron chi connectivity index (χ0n) is 85.1. The number of aliphatic hydroxyl groups is 3. The molecule has 0 fully saturated rings. The number of nitrogens with zero attached hydrogens (tertiary/aromatic N) is 12. The maximum atomic E-state index is 14.6. The van der Waals surface area contributed by atoms with Gasteiger partial charge in [-0.2, -0.15) is 15.3 Å². The van der Waals surface area contributed by atoms with E-state index in [9.17, 15) is 65.9 Å². The molecule has 3 unspecified atom stereocenters. The van der Waals surface area contributed by atoms with E-state index in [1.807, 2.05) is 108 Å². The summed E-state index contributed by atoms with van der Waals surface area (Å²) in [5.41, 5.74) is 12.4. The number of ether oxygens (including phenoxy) is 1. The third-order valence-corrected chi connectivity index (χ3v) is 30.4. The summed E-state index contributed by atoms with van der Waals surface area (Å²) in [6.07, 6.45) is 12.6. The number of fused-ring (bicyclic) bond motifs is 3. The number of aliphatic hydroxyl groups excluding tert-OH is 3. The first kappa shape index (κ1) is 117. The summed E-state index contributed by atoms with van der Waals surface area (Å²) in [6, 6.07) is 59.5. The van der Waals surface area contributed by atoms with E-state index in [4.69, 9.17) is 43.2 Å². The summed E-state index contributed by atoms with van der Waals surface area (Å²) in [5, 5.41) is 45.7. The van der Waals surface area contributed by atoms with Crippen molar-refractivity contribution in [3.63, 3.8) is 0 Å². The Morgan fingerprint density at radius 1 is 0.378 bits per heavy atom. The molecule has 38 heteroatoms. The highest BCUT2D eigenvalue weighted by Gasteiger charge is 2.38. The third-order valence-electron chi connectivity index (χ3n) is 26.0. The Morgan fingerprint density at radius 2 is 0.662 bits per heavy atom. The SMILES string of the molecule is CCCCN(CCCC)C(=O)c1cc(C)n(-c2ccc(NS(=O)c3cccc(Cl)c3Cl)cc2C(=O)N2Cc3ccccc3C[C@H]2CO)n1.CCCCN(CCCC)C(=O)c1cc(C)n(-c2ccc(NS(=O)c3ccccc3C(=O)OC)cc2C(=O)N2Cc3ccccc3C[C@H]2CO)n1.CCCCN(CCCC)C(=O)c1cc(C)n(-c2ccc(NS(=O)c3ccccc3F)cc2C(=O)N2Cc3ccccc3C[C@H]2CO)n1.O.O.O. The van der Waals surface area contributed by atoms with E-state index in [2.05, 4.69) is 55.7 Å². The Labute approximate surface area is 881 Å². The number of nitrogens with one attached hydrogen (secondary N) is 3. The van der Waals surface area contributed by atoms with Gasteiger partial charge in [0, 0.05) is 93.0 Å². The number of aromatic nitrogens is 6. The van der Waals surface area contributed by atoms with Gasteiger partial charge >= 0.3 is 5.97 Å². The standard InChI is InChI=1S/C38H45N5O6S.C36H41Cl2N5O4S.C36H42FN5O4S.3H2O/c1-5-7-19-41(20-8-6-2)37(46)33-21-26(3)43(39-33)34-18-17-29(40-50(48)35-16-12-11-15-31(35)38(47)49-4)23-32(34)36(45)42-24-28-14-10-9-13-27(28)22-30(42)25-44;1-4-6-17-41(18-7-5-2)36(46)31-19-24(3)43(39-31)32-16-15-27(40-48(47)33-14-10-13-30(37)34(33)38)21-29(32)35(45)42-22-26-12-9-8-11-25(26)20-28(42)23-44;1-4-6-18-40(19-7-5-2)36(45)32-20-25(3)42(38-32)33-17-16-28(39-47(46)34-15-11-10-14-31(34)37)22-30(33)35(44)41-23-27-13-9-8-12-26(27)21-29(41)24-43;;;/h9-18,21,23,30,40,44H,5-8,19-20,22,24-25H2,1-4H3;8-16,19,21,28,40,44H,4-7,17-18,20,22-23H2,1-3H3;8-17,20,22,29,39,43H,4-7,18-19,21,23-24H2,1-3H3;3*1H2/t30-,50?;28-,48?;29-,47?;;;/m000.../s1. The summed E-state index contributed by atoms with van der Waals surface area (Å²) in [5.74, 6) is -2.74. The molecule has 15 rings (SSSR count). The summed E-state index contributed by atoms with van der Waals surface area (Å²) < 4.78 is 72.9. The Bertz CT molecular complexity index is 6680. The number of rotatable bonds is 40. The summed E-state index contributed by atoms with van der Waals surface area (Å²) in [7, 11) is -4.37. The van der Waals surface area contributed by atoms with Crippen molar-refractivity contribution in [2.24, 2.45) is 0 Å². The quantitative estimate of drug-likeness (QED) is 0.0194. The van der Waals surface area contributed by atoms with Gasteiger partial charge < -0.3 is 80.1 Å². The molecule has 3 aliphatic rings. The van der Waals surface area contributed by atoms with Crippen LogP contribution in [-0.4, -0.2) is 229 Å². The highest BCUT2D eigenvalue weighted by Crippen LogP contribution is 2.37. The summed E-state index contributed by atoms with van der Waals surface area (Å²) in [4.78, 5) is 108. The molecular formula is C110H134Cl2FN15O17S3. The number of carbonyl (C=O) groups excluding carboxylic acids is 7. The van der Waals surface area contributed by atoms with Gasteiger partial charge in [0.1, 0.15) is 5.82 Å². The van der Waals surface area contributed by atoms with Gasteiger partial charge in [-0.05, 0) is 221 Å². The number of hydrogen-bond donors (Lipinski definition) is 6. The first-order chi connectivity index (χ1) is 70.1. The van der Waals surface area contributed by atoms with Crippen LogP contribution in [0.2, 0.25) is 10.0 Å². The minimum atomic E-state index is -1.94. The van der Waals surface area contributed by atoms with Crippen LogP contribution >= 0.6 is 23.2 Å². The number of benzene rings is 9. The van der Waals surface area contributed by atoms with Gasteiger partial charge in [-0.15, -0.1) is 0 Å². The molecule has 12 aromatic rings. The Morgan fingerprint density at radius 3 is 0.973 bits per heavy atom. The third kappa shape index (κ3) is 28.1. The zero-order chi connectivity index (χ0) is 104. The van der Waals surface area contributed by atoms with Crippen LogP contribution in [0.3, 0.4) is 0 Å². The van der Waals surface area contributed by atoms with Crippen LogP contribution in [0, 0.1) is 26.6 Å². The smallest absolute Gasteiger partial charge is 0.339 e. The van der Waals surface area contributed by atoms with Crippen LogP contribution < -0.4 is 14.2 Å². The number of aryl methyl sites for hydroxylation is 3. The Balaban J connectivity index is 0.000000225. The van der Waals surface area contributed by atoms with Crippen molar-refractivity contribution in [2.75, 3.05) is 80.4 Å². The van der Waals surface area contributed by atoms with Crippen molar-refractivity contribution in [2.45, 2.75) is 211 Å². The highest BCUT2D eigenvalue weighted by atomic mass is 35.5. The Hall–Kier alpha value is -13.0. The highest BCUT2D eigenvalue weighted by molar-refractivity contribution is 7.87. The fourth-order valence-electron chi connectivity index (χ4n) is 17.9. The first-order valence-corrected chi connectivity index (χ1v) is 53.7. The van der Waals surface area contributed by atoms with E-state index in [-0.39, 0.29) is 125 Å². The maximum absolute atomic E-state index is 14.6. The lowest BCUT2D eigenvalue weighted by molar-refractivity contribution is 0.0539. The van der Waals surface area contributed by atoms with Crippen molar-refractivity contribution in [3.8, 4) is 17.1 Å². The van der Waals surface area contributed by atoms with Crippen molar-refractivity contribution < 1.29 is 87.1 Å². The number of esters is 1. The van der Waals surface area contributed by atoms with Gasteiger partial charge in [0.2, 0.25) is 0 Å². The van der Waals surface area contributed by atoms with Crippen LogP contribution in [0.15, 0.2) is 227 Å². The minimum absolute atomic E-state index is 0. The van der Waals surface area contributed by atoms with E-state index in [1.54, 1.807) is 144 Å². The number of anilines is 3. The van der Waals surface area contributed by atoms with Crippen molar-refractivity contribution in [3.05, 3.63) is 318 Å². The zero-order valence-corrected chi connectivity index (χ0v) is 89.1. The number of unbranched alkanes of at least 4 members (excludes halogenated alkanes) is 6. The summed E-state index contributed by atoms with van der Waals surface area (Å²) in [6.45, 7) is 22.2. The number of halogens is 3. The van der Waals surface area contributed by atoms with Gasteiger partial charge in [0.25, 0.3) is 35.4 Å². The molecule has 9 aromatic carbocycles. The molecular weight excluding hydrogens is 1990 g/mol. The summed E-state index contributed by atoms with van der Waals surface area (Å²) >= 11 is 12.5. The molecule has 0 bridgehead atoms. The minimum Gasteiger partial charge on any atom is -0.465 e. The molecule has 6 atom stereocenters. The largest absolute Gasteiger partial charge is 0.465 e. The van der Waals surface area contributed by atoms with E-state index >= 15 is 0 Å². The topological polar surface area (TPSA) is 444 Å². The average Bonchev–Trinajstić information content (AvgIpc) is 1.01. The van der Waals surface area contributed by atoms with Crippen molar-refractivity contribution in [1.29, 1.82) is 0 Å². The predicted molar refractivity (Wildman–Crippen MR) is 576 cm³/mol. The van der Waals surface area contributed by atoms with E-state index in [0.29, 0.717) is 140 Å². The average molecular weight is 2120 g/mol. The molecule has 12 N–H and O–H groups in total. The lowest BCUT2D eigenvalue weighted by atomic mass is 9.93. The van der Waals surface area contributed by atoms with Crippen LogP contribution in [0.1, 0.15) is 242 Å². The second kappa shape index (κ2) is 55.9. The number of methoxy groups -OCH3 is 1. The van der Waals surface area contributed by atoms with E-state index in [1.165, 1.54) is 31.4 Å². The van der Waals surface area contributed by atoms with Crippen LogP contribution in [0.25, 0.3) is 17.1 Å². The molecule has 0 radical (unpaired) electrons. The molecule has 6 heterocycles. The van der Waals surface area contributed by atoms with Crippen LogP contribution in [0.4, 0.5) is 21.5 Å². The molecule has 790 valence electrons. The van der Waals surface area contributed by atoms with E-state index in [0.717, 1.165) is 110 Å². The second-order valence-electron chi connectivity index (χ2n) is 36.3. The van der Waals surface area contributed by atoms with Crippen LogP contribution in [-0.2, 0) is 76.6 Å². The first-order valence-electron chi connectivity index (χ1n) is 49.5. The van der Waals surface area contributed by atoms with Crippen molar-refractivity contribution >= 4 is 115 Å². The Kier molecular flexibility index (Phi) is 44.1. The van der Waals surface area contributed by atoms with Gasteiger partial charge in [0.05, 0.1) is 109 Å². The molecule has 0 aliphatic carbocycles. The molecule has 0 saturated heterocycles. The predicted octanol–water partition coefficient (Wildman–Crippen LogP) is 16.5. The fraction of sp³-hybridized carbons (Fsp3) is 0.364. The fourth-order valence-corrected chi connectivity index (χ4v) is 21.3. The monoisotopic (exact) mass is 2120 g/mol. The van der Waals surface area contributed by atoms with Crippen LogP contribution in [0.5, 0.6) is 0 Å². The molecule has 148 heavy (non-hydrogen) atoms. The lowest BCUT2D eigenvalue weighted by Gasteiger charge is -2.36. The second-order valence-corrected chi connectivity index (χ2v) is 40.6. The molecule has 32 nitrogen and oxygen atoms in total. The van der Waals surface area contributed by atoms with Gasteiger partial charge in [-0.3, -0.25) is 28.8 Å². The maximum Gasteiger partial charge on any atom is 0.339 e. The number of hydrogen-bond acceptors (Lipinski definition) is 17. The number of carbonyl (C=O) groups is 7. The molecule has 6 amide bonds. The molecule has 3 aromatic heterocycles. The normalized spacial score (nSPS) is 14.4. The van der Waals surface area contributed by atoms with Gasteiger partial charge in [-0.1, -0.05) is 206 Å². The lowest BCUT2D eigenvalue weighted by Crippen LogP contribution is -2.46. The molecule has 3 aliphatic heterocycles. The van der Waals surface area contributed by atoms with Gasteiger partial charge in [-0.25, -0.2) is 35.9 Å².